The van der Waals surface area contributed by atoms with Gasteiger partial charge >= 0.3 is 6.09 Å². The van der Waals surface area contributed by atoms with Gasteiger partial charge < -0.3 is 14.7 Å². The van der Waals surface area contributed by atoms with Crippen molar-refractivity contribution in [3.63, 3.8) is 0 Å². The summed E-state index contributed by atoms with van der Waals surface area (Å²) in [5, 5.41) is 10.6. The van der Waals surface area contributed by atoms with Crippen LogP contribution in [-0.2, 0) is 10.3 Å². The van der Waals surface area contributed by atoms with E-state index in [-0.39, 0.29) is 0 Å². The van der Waals surface area contributed by atoms with Gasteiger partial charge in [-0.2, -0.15) is 0 Å². The lowest BCUT2D eigenvalue weighted by Gasteiger charge is -2.39. The number of amides is 1. The zero-order valence-corrected chi connectivity index (χ0v) is 12.7. The van der Waals surface area contributed by atoms with Crippen molar-refractivity contribution in [1.29, 1.82) is 0 Å². The fourth-order valence-electron chi connectivity index (χ4n) is 2.49. The van der Waals surface area contributed by atoms with Gasteiger partial charge in [0.25, 0.3) is 0 Å². The predicted molar refractivity (Wildman–Crippen MR) is 77.3 cm³/mol. The van der Waals surface area contributed by atoms with E-state index in [1.165, 1.54) is 6.07 Å². The highest BCUT2D eigenvalue weighted by atomic mass is 19.1. The van der Waals surface area contributed by atoms with Crippen molar-refractivity contribution in [3.05, 3.63) is 35.6 Å². The molecule has 1 saturated heterocycles. The Hall–Kier alpha value is -1.62. The number of nitrogens with zero attached hydrogens (tertiary/aromatic N) is 1. The Balaban J connectivity index is 2.03. The molecule has 1 aromatic carbocycles. The summed E-state index contributed by atoms with van der Waals surface area (Å²) in [5.41, 5.74) is -1.46. The van der Waals surface area contributed by atoms with Crippen LogP contribution in [0.3, 0.4) is 0 Å². The van der Waals surface area contributed by atoms with Crippen molar-refractivity contribution in [2.75, 3.05) is 13.1 Å². The van der Waals surface area contributed by atoms with Crippen LogP contribution >= 0.6 is 0 Å². The average Bonchev–Trinajstić information content (AvgIpc) is 2.37. The van der Waals surface area contributed by atoms with Crippen molar-refractivity contribution < 1.29 is 19.0 Å². The summed E-state index contributed by atoms with van der Waals surface area (Å²) in [6.45, 7) is 6.12. The fourth-order valence-corrected chi connectivity index (χ4v) is 2.49. The minimum atomic E-state index is -1.22. The standard InChI is InChI=1S/C16H22FNO3/c1-15(2,3)21-14(19)18-10-8-16(20,9-11-18)12-6-4-5-7-13(12)17/h4-7,20H,8-11H2,1-3H3. The van der Waals surface area contributed by atoms with Crippen molar-refractivity contribution in [2.45, 2.75) is 44.8 Å². The number of hydrogen-bond donors (Lipinski definition) is 1. The summed E-state index contributed by atoms with van der Waals surface area (Å²) in [5.74, 6) is -0.411. The molecule has 21 heavy (non-hydrogen) atoms. The highest BCUT2D eigenvalue weighted by Gasteiger charge is 2.38. The van der Waals surface area contributed by atoms with Crippen molar-refractivity contribution in [3.8, 4) is 0 Å². The lowest BCUT2D eigenvalue weighted by Crippen LogP contribution is -2.47. The molecule has 1 aromatic rings. The molecule has 1 amide bonds. The first kappa shape index (κ1) is 15.8. The lowest BCUT2D eigenvalue weighted by atomic mass is 9.84. The maximum absolute atomic E-state index is 13.8. The van der Waals surface area contributed by atoms with Crippen molar-refractivity contribution in [1.82, 2.24) is 4.90 Å². The van der Waals surface area contributed by atoms with E-state index in [0.29, 0.717) is 31.5 Å². The average molecular weight is 295 g/mol. The molecule has 1 aliphatic rings. The Morgan fingerprint density at radius 3 is 2.38 bits per heavy atom. The van der Waals surface area contributed by atoms with E-state index >= 15 is 0 Å². The molecular formula is C16H22FNO3. The number of aliphatic hydroxyl groups is 1. The van der Waals surface area contributed by atoms with Gasteiger partial charge in [0.05, 0.1) is 5.60 Å². The molecule has 0 bridgehead atoms. The molecule has 4 nitrogen and oxygen atoms in total. The second-order valence-corrected chi connectivity index (χ2v) is 6.48. The summed E-state index contributed by atoms with van der Waals surface area (Å²) in [7, 11) is 0. The molecule has 0 saturated carbocycles. The zero-order chi connectivity index (χ0) is 15.7. The van der Waals surface area contributed by atoms with Crippen LogP contribution < -0.4 is 0 Å². The molecule has 0 atom stereocenters. The maximum atomic E-state index is 13.8. The third kappa shape index (κ3) is 3.73. The van der Waals surface area contributed by atoms with Gasteiger partial charge in [-0.3, -0.25) is 0 Å². The van der Waals surface area contributed by atoms with Crippen LogP contribution in [0.4, 0.5) is 9.18 Å². The van der Waals surface area contributed by atoms with Gasteiger partial charge in [-0.05, 0) is 39.7 Å². The van der Waals surface area contributed by atoms with Gasteiger partial charge in [0.15, 0.2) is 0 Å². The third-order valence-corrected chi connectivity index (χ3v) is 3.62. The second kappa shape index (κ2) is 5.64. The van der Waals surface area contributed by atoms with Crippen LogP contribution in [0.25, 0.3) is 0 Å². The summed E-state index contributed by atoms with van der Waals surface area (Å²) >= 11 is 0. The first-order valence-corrected chi connectivity index (χ1v) is 7.17. The molecule has 1 N–H and O–H groups in total. The Bertz CT molecular complexity index is 516. The number of halogens is 1. The first-order chi connectivity index (χ1) is 9.71. The molecule has 0 aromatic heterocycles. The largest absolute Gasteiger partial charge is 0.444 e. The van der Waals surface area contributed by atoms with E-state index in [9.17, 15) is 14.3 Å². The molecule has 1 heterocycles. The predicted octanol–water partition coefficient (Wildman–Crippen LogP) is 3.04. The number of carbonyl (C=O) groups excluding carboxylic acids is 1. The topological polar surface area (TPSA) is 49.8 Å². The number of hydrogen-bond acceptors (Lipinski definition) is 3. The Morgan fingerprint density at radius 1 is 1.29 bits per heavy atom. The number of ether oxygens (including phenoxy) is 1. The van der Waals surface area contributed by atoms with E-state index in [1.807, 2.05) is 20.8 Å². The summed E-state index contributed by atoms with van der Waals surface area (Å²) < 4.78 is 19.1. The normalized spacial score (nSPS) is 18.4. The molecule has 1 aliphatic heterocycles. The van der Waals surface area contributed by atoms with Crippen LogP contribution in [0.5, 0.6) is 0 Å². The molecule has 0 spiro atoms. The van der Waals surface area contributed by atoms with Crippen molar-refractivity contribution >= 4 is 6.09 Å². The fraction of sp³-hybridized carbons (Fsp3) is 0.562. The quantitative estimate of drug-likeness (QED) is 0.866. The molecule has 1 fully saturated rings. The summed E-state index contributed by atoms with van der Waals surface area (Å²) in [4.78, 5) is 13.5. The summed E-state index contributed by atoms with van der Waals surface area (Å²) in [6.07, 6.45) is 0.207. The number of rotatable bonds is 1. The zero-order valence-electron chi connectivity index (χ0n) is 12.7. The molecular weight excluding hydrogens is 273 g/mol. The molecule has 0 aliphatic carbocycles. The van der Waals surface area contributed by atoms with E-state index in [2.05, 4.69) is 0 Å². The van der Waals surface area contributed by atoms with E-state index < -0.39 is 23.1 Å². The first-order valence-electron chi connectivity index (χ1n) is 7.17. The number of benzene rings is 1. The van der Waals surface area contributed by atoms with Crippen LogP contribution in [-0.4, -0.2) is 34.8 Å². The minimum absolute atomic E-state index is 0.299. The second-order valence-electron chi connectivity index (χ2n) is 6.48. The number of carbonyl (C=O) groups is 1. The van der Waals surface area contributed by atoms with Crippen LogP contribution in [0, 0.1) is 5.82 Å². The Labute approximate surface area is 124 Å². The third-order valence-electron chi connectivity index (χ3n) is 3.62. The van der Waals surface area contributed by atoms with Crippen LogP contribution in [0.1, 0.15) is 39.2 Å². The van der Waals surface area contributed by atoms with Gasteiger partial charge in [0.2, 0.25) is 0 Å². The van der Waals surface area contributed by atoms with Gasteiger partial charge in [-0.1, -0.05) is 18.2 Å². The van der Waals surface area contributed by atoms with Gasteiger partial charge in [0, 0.05) is 18.7 Å². The van der Waals surface area contributed by atoms with Crippen molar-refractivity contribution in [2.24, 2.45) is 0 Å². The SMILES string of the molecule is CC(C)(C)OC(=O)N1CCC(O)(c2ccccc2F)CC1. The van der Waals surface area contributed by atoms with E-state index in [0.717, 1.165) is 0 Å². The number of piperidine rings is 1. The highest BCUT2D eigenvalue weighted by Crippen LogP contribution is 2.34. The van der Waals surface area contributed by atoms with Gasteiger partial charge in [-0.25, -0.2) is 9.18 Å². The lowest BCUT2D eigenvalue weighted by molar-refractivity contribution is -0.0374. The molecule has 5 heteroatoms. The van der Waals surface area contributed by atoms with Crippen LogP contribution in [0.2, 0.25) is 0 Å². The monoisotopic (exact) mass is 295 g/mol. The van der Waals surface area contributed by atoms with Gasteiger partial charge in [0.1, 0.15) is 11.4 Å². The maximum Gasteiger partial charge on any atom is 0.410 e. The van der Waals surface area contributed by atoms with Gasteiger partial charge in [-0.15, -0.1) is 0 Å². The van der Waals surface area contributed by atoms with E-state index in [1.54, 1.807) is 23.1 Å². The highest BCUT2D eigenvalue weighted by molar-refractivity contribution is 5.68. The number of likely N-dealkylation sites (tertiary alicyclic amines) is 1. The molecule has 116 valence electrons. The van der Waals surface area contributed by atoms with E-state index in [4.69, 9.17) is 4.74 Å². The Kier molecular flexibility index (Phi) is 4.23. The van der Waals surface area contributed by atoms with Crippen LogP contribution in [0.15, 0.2) is 24.3 Å². The Morgan fingerprint density at radius 2 is 1.86 bits per heavy atom. The molecule has 0 unspecified atom stereocenters. The smallest absolute Gasteiger partial charge is 0.410 e. The molecule has 0 radical (unpaired) electrons. The molecule has 2 rings (SSSR count). The minimum Gasteiger partial charge on any atom is -0.444 e. The summed E-state index contributed by atoms with van der Waals surface area (Å²) in [6, 6.07) is 6.24.